The maximum Gasteiger partial charge on any atom is 0.343 e. The van der Waals surface area contributed by atoms with Crippen LogP contribution in [-0.2, 0) is 11.3 Å². The molecule has 35 heavy (non-hydrogen) atoms. The summed E-state index contributed by atoms with van der Waals surface area (Å²) in [5.74, 6) is -0.469. The first kappa shape index (κ1) is 25.0. The third-order valence-corrected chi connectivity index (χ3v) is 6.91. The normalized spacial score (nSPS) is 14.5. The van der Waals surface area contributed by atoms with E-state index in [2.05, 4.69) is 15.9 Å². The smallest absolute Gasteiger partial charge is 0.343 e. The summed E-state index contributed by atoms with van der Waals surface area (Å²) in [7, 11) is 1.45. The van der Waals surface area contributed by atoms with Gasteiger partial charge in [-0.1, -0.05) is 41.4 Å². The van der Waals surface area contributed by atoms with Crippen molar-refractivity contribution in [3.05, 3.63) is 97.3 Å². The van der Waals surface area contributed by atoms with Gasteiger partial charge in [-0.2, -0.15) is 0 Å². The molecule has 3 aromatic rings. The number of halogens is 2. The first-order chi connectivity index (χ1) is 16.7. The lowest BCUT2D eigenvalue weighted by molar-refractivity contribution is -0.123. The molecule has 1 fully saturated rings. The predicted octanol–water partition coefficient (Wildman–Crippen LogP) is 6.88. The summed E-state index contributed by atoms with van der Waals surface area (Å²) in [6.45, 7) is 2.18. The standard InChI is InChI=1S/C26H19BrClNO5S/c1-15-3-5-16(6-4-15)14-29-24(30)22(35-26(29)32)13-17-11-20(27)23(21(12-17)33-2)34-25(31)18-7-9-19(28)10-8-18/h3-13H,14H2,1-2H3/b22-13-. The van der Waals surface area contributed by atoms with E-state index in [-0.39, 0.29) is 29.2 Å². The van der Waals surface area contributed by atoms with Crippen molar-refractivity contribution in [2.24, 2.45) is 0 Å². The highest BCUT2D eigenvalue weighted by molar-refractivity contribution is 9.10. The van der Waals surface area contributed by atoms with Gasteiger partial charge in [0.05, 0.1) is 28.6 Å². The molecule has 178 valence electrons. The van der Waals surface area contributed by atoms with Crippen LogP contribution in [0.1, 0.15) is 27.0 Å². The second-order valence-electron chi connectivity index (χ2n) is 7.68. The molecule has 1 aliphatic heterocycles. The Kier molecular flexibility index (Phi) is 7.64. The lowest BCUT2D eigenvalue weighted by atomic mass is 10.1. The molecule has 1 heterocycles. The Hall–Kier alpha value is -3.07. The van der Waals surface area contributed by atoms with Crippen molar-refractivity contribution < 1.29 is 23.9 Å². The highest BCUT2D eigenvalue weighted by Gasteiger charge is 2.35. The quantitative estimate of drug-likeness (QED) is 0.182. The van der Waals surface area contributed by atoms with Gasteiger partial charge < -0.3 is 9.47 Å². The van der Waals surface area contributed by atoms with Crippen molar-refractivity contribution in [1.29, 1.82) is 0 Å². The summed E-state index contributed by atoms with van der Waals surface area (Å²) in [5.41, 5.74) is 2.90. The number of methoxy groups -OCH3 is 1. The molecule has 1 aliphatic rings. The van der Waals surface area contributed by atoms with Crippen LogP contribution in [0, 0.1) is 6.92 Å². The minimum Gasteiger partial charge on any atom is -0.493 e. The molecule has 6 nitrogen and oxygen atoms in total. The van der Waals surface area contributed by atoms with Crippen molar-refractivity contribution in [3.8, 4) is 11.5 Å². The fourth-order valence-corrected chi connectivity index (χ4v) is 4.83. The number of carbonyl (C=O) groups is 3. The zero-order valence-corrected chi connectivity index (χ0v) is 21.9. The molecule has 0 unspecified atom stereocenters. The molecular formula is C26H19BrClNO5S. The molecule has 0 N–H and O–H groups in total. The molecule has 9 heteroatoms. The number of hydrogen-bond donors (Lipinski definition) is 0. The van der Waals surface area contributed by atoms with E-state index in [1.807, 2.05) is 31.2 Å². The van der Waals surface area contributed by atoms with Crippen LogP contribution in [-0.4, -0.2) is 29.1 Å². The number of amides is 2. The third-order valence-electron chi connectivity index (χ3n) is 5.16. The Bertz CT molecular complexity index is 1340. The number of aryl methyl sites for hydroxylation is 1. The second-order valence-corrected chi connectivity index (χ2v) is 9.97. The van der Waals surface area contributed by atoms with Crippen molar-refractivity contribution in [2.75, 3.05) is 7.11 Å². The van der Waals surface area contributed by atoms with Gasteiger partial charge in [0.25, 0.3) is 11.1 Å². The molecule has 2 amide bonds. The van der Waals surface area contributed by atoms with Gasteiger partial charge in [0, 0.05) is 5.02 Å². The average Bonchev–Trinajstić information content (AvgIpc) is 3.09. The zero-order chi connectivity index (χ0) is 25.1. The van der Waals surface area contributed by atoms with E-state index in [9.17, 15) is 14.4 Å². The van der Waals surface area contributed by atoms with Gasteiger partial charge in [-0.15, -0.1) is 0 Å². The van der Waals surface area contributed by atoms with Gasteiger partial charge in [-0.25, -0.2) is 4.79 Å². The van der Waals surface area contributed by atoms with Gasteiger partial charge in [-0.05, 0) is 88.2 Å². The zero-order valence-electron chi connectivity index (χ0n) is 18.7. The fraction of sp³-hybridized carbons (Fsp3) is 0.115. The number of imide groups is 1. The summed E-state index contributed by atoms with van der Waals surface area (Å²) in [5, 5.41) is 0.175. The number of thioether (sulfide) groups is 1. The van der Waals surface area contributed by atoms with Crippen LogP contribution in [0.4, 0.5) is 4.79 Å². The van der Waals surface area contributed by atoms with Crippen molar-refractivity contribution in [3.63, 3.8) is 0 Å². The molecule has 0 bridgehead atoms. The molecular weight excluding hydrogens is 554 g/mol. The van der Waals surface area contributed by atoms with Crippen LogP contribution in [0.3, 0.4) is 0 Å². The Morgan fingerprint density at radius 1 is 1.09 bits per heavy atom. The molecule has 0 spiro atoms. The van der Waals surface area contributed by atoms with E-state index in [4.69, 9.17) is 21.1 Å². The molecule has 1 saturated heterocycles. The van der Waals surface area contributed by atoms with Crippen LogP contribution >= 0.6 is 39.3 Å². The van der Waals surface area contributed by atoms with Crippen LogP contribution < -0.4 is 9.47 Å². The van der Waals surface area contributed by atoms with Gasteiger partial charge in [0.1, 0.15) is 0 Å². The second kappa shape index (κ2) is 10.7. The van der Waals surface area contributed by atoms with Crippen molar-refractivity contribution >= 4 is 62.5 Å². The summed E-state index contributed by atoms with van der Waals surface area (Å²) in [6, 6.07) is 17.3. The topological polar surface area (TPSA) is 72.9 Å². The third kappa shape index (κ3) is 5.78. The largest absolute Gasteiger partial charge is 0.493 e. The van der Waals surface area contributed by atoms with Gasteiger partial charge in [0.15, 0.2) is 11.5 Å². The fourth-order valence-electron chi connectivity index (χ4n) is 3.32. The summed E-state index contributed by atoms with van der Waals surface area (Å²) < 4.78 is 11.4. The van der Waals surface area contributed by atoms with Crippen LogP contribution in [0.25, 0.3) is 6.08 Å². The van der Waals surface area contributed by atoms with E-state index in [0.29, 0.717) is 25.5 Å². The summed E-state index contributed by atoms with van der Waals surface area (Å²) >= 11 is 10.2. The molecule has 0 atom stereocenters. The van der Waals surface area contributed by atoms with Crippen LogP contribution in [0.5, 0.6) is 11.5 Å². The monoisotopic (exact) mass is 571 g/mol. The average molecular weight is 573 g/mol. The Morgan fingerprint density at radius 2 is 1.77 bits per heavy atom. The van der Waals surface area contributed by atoms with Gasteiger partial charge in [0.2, 0.25) is 0 Å². The molecule has 3 aromatic carbocycles. The van der Waals surface area contributed by atoms with Crippen molar-refractivity contribution in [1.82, 2.24) is 4.90 Å². The predicted molar refractivity (Wildman–Crippen MR) is 140 cm³/mol. The van der Waals surface area contributed by atoms with E-state index >= 15 is 0 Å². The minimum absolute atomic E-state index is 0.192. The molecule has 0 saturated carbocycles. The maximum absolute atomic E-state index is 12.9. The van der Waals surface area contributed by atoms with Gasteiger partial charge >= 0.3 is 5.97 Å². The highest BCUT2D eigenvalue weighted by Crippen LogP contribution is 2.39. The lowest BCUT2D eigenvalue weighted by Crippen LogP contribution is -2.27. The maximum atomic E-state index is 12.9. The van der Waals surface area contributed by atoms with Crippen LogP contribution in [0.2, 0.25) is 5.02 Å². The van der Waals surface area contributed by atoms with E-state index < -0.39 is 5.97 Å². The Morgan fingerprint density at radius 3 is 2.43 bits per heavy atom. The Labute approximate surface area is 220 Å². The number of rotatable bonds is 6. The van der Waals surface area contributed by atoms with Crippen LogP contribution in [0.15, 0.2) is 70.0 Å². The van der Waals surface area contributed by atoms with Crippen molar-refractivity contribution in [2.45, 2.75) is 13.5 Å². The molecule has 4 rings (SSSR count). The highest BCUT2D eigenvalue weighted by atomic mass is 79.9. The SMILES string of the molecule is COc1cc(/C=C2\SC(=O)N(Cc3ccc(C)cc3)C2=O)cc(Br)c1OC(=O)c1ccc(Cl)cc1. The first-order valence-corrected chi connectivity index (χ1v) is 12.4. The van der Waals surface area contributed by atoms with E-state index in [1.165, 1.54) is 12.0 Å². The van der Waals surface area contributed by atoms with E-state index in [1.54, 1.807) is 42.5 Å². The number of hydrogen-bond acceptors (Lipinski definition) is 6. The number of ether oxygens (including phenoxy) is 2. The number of carbonyl (C=O) groups excluding carboxylic acids is 3. The Balaban J connectivity index is 1.55. The lowest BCUT2D eigenvalue weighted by Gasteiger charge is -2.13. The minimum atomic E-state index is -0.578. The molecule has 0 aliphatic carbocycles. The number of benzene rings is 3. The van der Waals surface area contributed by atoms with E-state index in [0.717, 1.165) is 22.9 Å². The number of nitrogens with zero attached hydrogens (tertiary/aromatic N) is 1. The molecule has 0 aromatic heterocycles. The molecule has 0 radical (unpaired) electrons. The summed E-state index contributed by atoms with van der Waals surface area (Å²) in [4.78, 5) is 39.5. The summed E-state index contributed by atoms with van der Waals surface area (Å²) in [6.07, 6.45) is 1.61. The van der Waals surface area contributed by atoms with Gasteiger partial charge in [-0.3, -0.25) is 14.5 Å². The first-order valence-electron chi connectivity index (χ1n) is 10.4. The number of esters is 1.